The molecule has 1 aromatic rings. The molecule has 1 rings (SSSR count). The van der Waals surface area contributed by atoms with E-state index < -0.39 is 0 Å². The number of hydrogen-bond acceptors (Lipinski definition) is 3. The van der Waals surface area contributed by atoms with E-state index in [1.165, 1.54) is 18.4 Å². The number of methoxy groups -OCH3 is 1. The van der Waals surface area contributed by atoms with Crippen LogP contribution in [-0.4, -0.2) is 27.4 Å². The molecule has 0 saturated heterocycles. The van der Waals surface area contributed by atoms with Crippen molar-refractivity contribution in [1.29, 1.82) is 0 Å². The number of rotatable bonds is 9. The fraction of sp³-hybridized carbons (Fsp3) is 0.600. The third-order valence-electron chi connectivity index (χ3n) is 3.03. The van der Waals surface area contributed by atoms with E-state index in [-0.39, 0.29) is 0 Å². The highest BCUT2D eigenvalue weighted by molar-refractivity contribution is 5.35. The molecule has 1 atom stereocenters. The van der Waals surface area contributed by atoms with Gasteiger partial charge >= 0.3 is 0 Å². The van der Waals surface area contributed by atoms with E-state index >= 15 is 0 Å². The predicted octanol–water partition coefficient (Wildman–Crippen LogP) is 3.16. The van der Waals surface area contributed by atoms with E-state index in [1.807, 2.05) is 19.2 Å². The third-order valence-corrected chi connectivity index (χ3v) is 3.03. The Morgan fingerprint density at radius 1 is 1.22 bits per heavy atom. The summed E-state index contributed by atoms with van der Waals surface area (Å²) in [4.78, 5) is 0. The van der Waals surface area contributed by atoms with E-state index in [2.05, 4.69) is 24.4 Å². The van der Waals surface area contributed by atoms with E-state index in [0.29, 0.717) is 19.3 Å². The van der Waals surface area contributed by atoms with Crippen molar-refractivity contribution < 1.29 is 9.47 Å². The van der Waals surface area contributed by atoms with Crippen LogP contribution in [0.15, 0.2) is 24.3 Å². The highest BCUT2D eigenvalue weighted by Crippen LogP contribution is 2.28. The molecular weight excluding hydrogens is 226 g/mol. The summed E-state index contributed by atoms with van der Waals surface area (Å²) in [5.74, 6) is 0.963. The maximum absolute atomic E-state index is 5.78. The summed E-state index contributed by atoms with van der Waals surface area (Å²) in [5, 5.41) is 3.37. The first-order valence-corrected chi connectivity index (χ1v) is 6.71. The molecule has 0 aliphatic heterocycles. The molecule has 1 aromatic carbocycles. The van der Waals surface area contributed by atoms with Gasteiger partial charge in [0.1, 0.15) is 12.4 Å². The predicted molar refractivity (Wildman–Crippen MR) is 75.1 cm³/mol. The Labute approximate surface area is 110 Å². The van der Waals surface area contributed by atoms with Crippen molar-refractivity contribution in [2.75, 3.05) is 27.4 Å². The van der Waals surface area contributed by atoms with Crippen LogP contribution in [0.4, 0.5) is 0 Å². The minimum absolute atomic E-state index is 0.365. The van der Waals surface area contributed by atoms with E-state index in [9.17, 15) is 0 Å². The highest BCUT2D eigenvalue weighted by Gasteiger charge is 2.13. The van der Waals surface area contributed by atoms with Gasteiger partial charge in [-0.1, -0.05) is 38.0 Å². The molecule has 0 amide bonds. The lowest BCUT2D eigenvalue weighted by Crippen LogP contribution is -2.18. The lowest BCUT2D eigenvalue weighted by molar-refractivity contribution is 0.145. The summed E-state index contributed by atoms with van der Waals surface area (Å²) >= 11 is 0. The largest absolute Gasteiger partial charge is 0.491 e. The Bertz CT molecular complexity index is 328. The molecule has 3 heteroatoms. The van der Waals surface area contributed by atoms with Crippen molar-refractivity contribution in [3.05, 3.63) is 29.8 Å². The number of unbranched alkanes of at least 4 members (excludes halogenated alkanes) is 1. The zero-order chi connectivity index (χ0) is 13.2. The number of para-hydroxylation sites is 1. The van der Waals surface area contributed by atoms with Gasteiger partial charge in [-0.2, -0.15) is 0 Å². The standard InChI is InChI=1S/C15H25NO2/c1-4-5-9-14(16-2)13-8-6-7-10-15(13)18-12-11-17-3/h6-8,10,14,16H,4-5,9,11-12H2,1-3H3. The number of nitrogens with one attached hydrogen (secondary N) is 1. The summed E-state index contributed by atoms with van der Waals surface area (Å²) in [6.45, 7) is 3.43. The van der Waals surface area contributed by atoms with Crippen LogP contribution in [0.3, 0.4) is 0 Å². The van der Waals surface area contributed by atoms with Crippen LogP contribution >= 0.6 is 0 Å². The molecule has 0 saturated carbocycles. The average Bonchev–Trinajstić information content (AvgIpc) is 2.41. The van der Waals surface area contributed by atoms with Crippen molar-refractivity contribution in [3.63, 3.8) is 0 Å². The van der Waals surface area contributed by atoms with Gasteiger partial charge in [0, 0.05) is 18.7 Å². The van der Waals surface area contributed by atoms with Crippen molar-refractivity contribution in [1.82, 2.24) is 5.32 Å². The zero-order valence-corrected chi connectivity index (χ0v) is 11.7. The smallest absolute Gasteiger partial charge is 0.124 e. The van der Waals surface area contributed by atoms with Crippen LogP contribution in [0.5, 0.6) is 5.75 Å². The molecule has 3 nitrogen and oxygen atoms in total. The normalized spacial score (nSPS) is 12.4. The van der Waals surface area contributed by atoms with Gasteiger partial charge in [-0.25, -0.2) is 0 Å². The van der Waals surface area contributed by atoms with E-state index in [1.54, 1.807) is 7.11 Å². The molecule has 1 N–H and O–H groups in total. The monoisotopic (exact) mass is 251 g/mol. The van der Waals surface area contributed by atoms with E-state index in [0.717, 1.165) is 12.2 Å². The van der Waals surface area contributed by atoms with Crippen LogP contribution in [0, 0.1) is 0 Å². The summed E-state index contributed by atoms with van der Waals surface area (Å²) in [7, 11) is 3.69. The second-order valence-electron chi connectivity index (χ2n) is 4.36. The van der Waals surface area contributed by atoms with Crippen molar-refractivity contribution in [3.8, 4) is 5.75 Å². The third kappa shape index (κ3) is 4.67. The van der Waals surface area contributed by atoms with Crippen LogP contribution in [0.1, 0.15) is 37.8 Å². The second-order valence-corrected chi connectivity index (χ2v) is 4.36. The molecule has 1 unspecified atom stereocenters. The second kappa shape index (κ2) is 8.95. The van der Waals surface area contributed by atoms with Gasteiger partial charge in [-0.3, -0.25) is 0 Å². The molecule has 0 aliphatic carbocycles. The molecule has 0 radical (unpaired) electrons. The Kier molecular flexibility index (Phi) is 7.46. The zero-order valence-electron chi connectivity index (χ0n) is 11.7. The molecule has 0 spiro atoms. The van der Waals surface area contributed by atoms with Gasteiger partial charge in [-0.15, -0.1) is 0 Å². The molecule has 0 bridgehead atoms. The van der Waals surface area contributed by atoms with E-state index in [4.69, 9.17) is 9.47 Å². The first-order valence-electron chi connectivity index (χ1n) is 6.71. The first-order chi connectivity index (χ1) is 8.83. The Morgan fingerprint density at radius 3 is 2.67 bits per heavy atom. The molecular formula is C15H25NO2. The molecule has 102 valence electrons. The van der Waals surface area contributed by atoms with Crippen molar-refractivity contribution in [2.24, 2.45) is 0 Å². The number of hydrogen-bond donors (Lipinski definition) is 1. The maximum Gasteiger partial charge on any atom is 0.124 e. The van der Waals surface area contributed by atoms with Crippen LogP contribution in [0.2, 0.25) is 0 Å². The maximum atomic E-state index is 5.78. The lowest BCUT2D eigenvalue weighted by Gasteiger charge is -2.20. The van der Waals surface area contributed by atoms with Gasteiger partial charge < -0.3 is 14.8 Å². The van der Waals surface area contributed by atoms with Gasteiger partial charge in [0.05, 0.1) is 6.61 Å². The SMILES string of the molecule is CCCCC(NC)c1ccccc1OCCOC. The Hall–Kier alpha value is -1.06. The highest BCUT2D eigenvalue weighted by atomic mass is 16.5. The first kappa shape index (κ1) is 15.0. The molecule has 0 aromatic heterocycles. The Morgan fingerprint density at radius 2 is 2.00 bits per heavy atom. The number of ether oxygens (including phenoxy) is 2. The quantitative estimate of drug-likeness (QED) is 0.684. The van der Waals surface area contributed by atoms with Gasteiger partial charge in [0.2, 0.25) is 0 Å². The summed E-state index contributed by atoms with van der Waals surface area (Å²) in [6.07, 6.45) is 3.57. The molecule has 18 heavy (non-hydrogen) atoms. The minimum atomic E-state index is 0.365. The minimum Gasteiger partial charge on any atom is -0.491 e. The average molecular weight is 251 g/mol. The fourth-order valence-electron chi connectivity index (χ4n) is 2.00. The van der Waals surface area contributed by atoms with Crippen LogP contribution in [0.25, 0.3) is 0 Å². The van der Waals surface area contributed by atoms with Crippen LogP contribution in [-0.2, 0) is 4.74 Å². The number of benzene rings is 1. The van der Waals surface area contributed by atoms with Gasteiger partial charge in [0.25, 0.3) is 0 Å². The summed E-state index contributed by atoms with van der Waals surface area (Å²) in [5.41, 5.74) is 1.24. The molecule has 0 heterocycles. The fourth-order valence-corrected chi connectivity index (χ4v) is 2.00. The summed E-state index contributed by atoms with van der Waals surface area (Å²) in [6, 6.07) is 8.61. The van der Waals surface area contributed by atoms with Crippen LogP contribution < -0.4 is 10.1 Å². The van der Waals surface area contributed by atoms with Crippen molar-refractivity contribution in [2.45, 2.75) is 32.2 Å². The molecule has 0 aliphatic rings. The summed E-state index contributed by atoms with van der Waals surface area (Å²) < 4.78 is 10.8. The Balaban J connectivity index is 2.71. The topological polar surface area (TPSA) is 30.5 Å². The van der Waals surface area contributed by atoms with Gasteiger partial charge in [-0.05, 0) is 19.5 Å². The van der Waals surface area contributed by atoms with Crippen molar-refractivity contribution >= 4 is 0 Å². The molecule has 0 fully saturated rings. The van der Waals surface area contributed by atoms with Gasteiger partial charge in [0.15, 0.2) is 0 Å². The lowest BCUT2D eigenvalue weighted by atomic mass is 10.0.